The third-order valence-electron chi connectivity index (χ3n) is 5.08. The summed E-state index contributed by atoms with van der Waals surface area (Å²) in [5.74, 6) is -0.247. The van der Waals surface area contributed by atoms with Crippen LogP contribution in [0.5, 0.6) is 0 Å². The number of aromatic nitrogens is 1. The van der Waals surface area contributed by atoms with Crippen molar-refractivity contribution in [2.24, 2.45) is 0 Å². The number of benzene rings is 2. The van der Waals surface area contributed by atoms with Crippen molar-refractivity contribution in [1.29, 1.82) is 0 Å². The zero-order chi connectivity index (χ0) is 21.1. The molecule has 1 saturated heterocycles. The van der Waals surface area contributed by atoms with E-state index in [1.807, 2.05) is 24.4 Å². The molecule has 0 atom stereocenters. The Morgan fingerprint density at radius 2 is 1.67 bits per heavy atom. The van der Waals surface area contributed by atoms with Crippen LogP contribution in [0.15, 0.2) is 58.8 Å². The second-order valence-corrected chi connectivity index (χ2v) is 10.1. The molecule has 156 valence electrons. The molecule has 0 saturated carbocycles. The van der Waals surface area contributed by atoms with Crippen molar-refractivity contribution in [1.82, 2.24) is 9.29 Å². The summed E-state index contributed by atoms with van der Waals surface area (Å²) in [5, 5.41) is 5.73. The highest BCUT2D eigenvalue weighted by Crippen LogP contribution is 2.25. The molecule has 1 amide bonds. The van der Waals surface area contributed by atoms with Crippen LogP contribution < -0.4 is 5.32 Å². The first-order valence-electron chi connectivity index (χ1n) is 9.88. The minimum absolute atomic E-state index is 0.247. The average Bonchev–Trinajstić information content (AvgIpc) is 3.21. The van der Waals surface area contributed by atoms with Crippen LogP contribution in [0, 0.1) is 6.92 Å². The highest BCUT2D eigenvalue weighted by molar-refractivity contribution is 7.89. The summed E-state index contributed by atoms with van der Waals surface area (Å²) >= 11 is 1.57. The van der Waals surface area contributed by atoms with Gasteiger partial charge in [0.1, 0.15) is 5.01 Å². The molecule has 1 aliphatic heterocycles. The highest BCUT2D eigenvalue weighted by Gasteiger charge is 2.25. The van der Waals surface area contributed by atoms with Crippen LogP contribution in [0.2, 0.25) is 0 Å². The van der Waals surface area contributed by atoms with Crippen molar-refractivity contribution in [3.05, 3.63) is 65.2 Å². The molecule has 0 radical (unpaired) electrons. The van der Waals surface area contributed by atoms with E-state index in [1.54, 1.807) is 47.7 Å². The van der Waals surface area contributed by atoms with E-state index in [9.17, 15) is 13.2 Å². The van der Waals surface area contributed by atoms with Gasteiger partial charge in [0.05, 0.1) is 4.90 Å². The van der Waals surface area contributed by atoms with Gasteiger partial charge in [-0.25, -0.2) is 13.4 Å². The summed E-state index contributed by atoms with van der Waals surface area (Å²) in [5.41, 5.74) is 3.02. The SMILES string of the molecule is Cc1csc(-c2ccc(C(=O)Nc3ccc(S(=O)(=O)N4CCCCC4)cc3)cc2)n1. The topological polar surface area (TPSA) is 79.4 Å². The van der Waals surface area contributed by atoms with Crippen molar-refractivity contribution >= 4 is 33.0 Å². The van der Waals surface area contributed by atoms with Crippen molar-refractivity contribution in [2.45, 2.75) is 31.1 Å². The number of thiazole rings is 1. The first kappa shape index (κ1) is 20.7. The first-order chi connectivity index (χ1) is 14.4. The lowest BCUT2D eigenvalue weighted by atomic mass is 10.1. The predicted octanol–water partition coefficient (Wildman–Crippen LogP) is 4.55. The van der Waals surface area contributed by atoms with E-state index in [0.29, 0.717) is 24.3 Å². The molecule has 30 heavy (non-hydrogen) atoms. The average molecular weight is 442 g/mol. The van der Waals surface area contributed by atoms with Gasteiger partial charge in [-0.1, -0.05) is 18.6 Å². The van der Waals surface area contributed by atoms with Crippen LogP contribution in [0.1, 0.15) is 35.3 Å². The van der Waals surface area contributed by atoms with E-state index in [-0.39, 0.29) is 10.8 Å². The number of carbonyl (C=O) groups is 1. The molecule has 3 aromatic rings. The Bertz CT molecular complexity index is 1130. The quantitative estimate of drug-likeness (QED) is 0.630. The summed E-state index contributed by atoms with van der Waals surface area (Å²) in [6.45, 7) is 3.08. The molecule has 1 fully saturated rings. The van der Waals surface area contributed by atoms with Crippen molar-refractivity contribution < 1.29 is 13.2 Å². The van der Waals surface area contributed by atoms with E-state index >= 15 is 0 Å². The van der Waals surface area contributed by atoms with E-state index in [4.69, 9.17) is 0 Å². The largest absolute Gasteiger partial charge is 0.322 e. The number of piperidine rings is 1. The lowest BCUT2D eigenvalue weighted by molar-refractivity contribution is 0.102. The second-order valence-electron chi connectivity index (χ2n) is 7.31. The molecule has 6 nitrogen and oxygen atoms in total. The lowest BCUT2D eigenvalue weighted by Crippen LogP contribution is -2.35. The molecule has 0 bridgehead atoms. The van der Waals surface area contributed by atoms with Gasteiger partial charge in [-0.3, -0.25) is 4.79 Å². The molecule has 8 heteroatoms. The number of aryl methyl sites for hydroxylation is 1. The zero-order valence-corrected chi connectivity index (χ0v) is 18.3. The number of anilines is 1. The number of rotatable bonds is 5. The molecule has 2 heterocycles. The Morgan fingerprint density at radius 1 is 1.00 bits per heavy atom. The Hall–Kier alpha value is -2.55. The fraction of sp³-hybridized carbons (Fsp3) is 0.273. The van der Waals surface area contributed by atoms with Gasteiger partial charge in [0.2, 0.25) is 10.0 Å². The van der Waals surface area contributed by atoms with Gasteiger partial charge in [0, 0.05) is 41.0 Å². The molecule has 1 aliphatic rings. The van der Waals surface area contributed by atoms with Crippen LogP contribution >= 0.6 is 11.3 Å². The van der Waals surface area contributed by atoms with Gasteiger partial charge in [0.15, 0.2) is 0 Å². The third-order valence-corrected chi connectivity index (χ3v) is 8.00. The highest BCUT2D eigenvalue weighted by atomic mass is 32.2. The number of nitrogens with one attached hydrogen (secondary N) is 1. The smallest absolute Gasteiger partial charge is 0.255 e. The summed E-state index contributed by atoms with van der Waals surface area (Å²) in [6, 6.07) is 13.6. The molecule has 1 aromatic heterocycles. The number of hydrogen-bond donors (Lipinski definition) is 1. The maximum atomic E-state index is 12.7. The van der Waals surface area contributed by atoms with Crippen molar-refractivity contribution in [2.75, 3.05) is 18.4 Å². The molecular formula is C22H23N3O3S2. The Labute approximate surface area is 180 Å². The molecule has 2 aromatic carbocycles. The predicted molar refractivity (Wildman–Crippen MR) is 119 cm³/mol. The van der Waals surface area contributed by atoms with Crippen molar-refractivity contribution in [3.63, 3.8) is 0 Å². The van der Waals surface area contributed by atoms with Crippen LogP contribution in [-0.4, -0.2) is 36.7 Å². The maximum absolute atomic E-state index is 12.7. The van der Waals surface area contributed by atoms with Crippen molar-refractivity contribution in [3.8, 4) is 10.6 Å². The van der Waals surface area contributed by atoms with Crippen LogP contribution in [0.4, 0.5) is 5.69 Å². The number of amides is 1. The molecule has 0 aliphatic carbocycles. The fourth-order valence-corrected chi connectivity index (χ4v) is 5.74. The van der Waals surface area contributed by atoms with E-state index in [0.717, 1.165) is 35.5 Å². The van der Waals surface area contributed by atoms with Crippen LogP contribution in [-0.2, 0) is 10.0 Å². The Kier molecular flexibility index (Phi) is 5.99. The van der Waals surface area contributed by atoms with Gasteiger partial charge in [-0.15, -0.1) is 11.3 Å². The normalized spacial score (nSPS) is 15.1. The van der Waals surface area contributed by atoms with E-state index < -0.39 is 10.0 Å². The van der Waals surface area contributed by atoms with Gasteiger partial charge in [-0.2, -0.15) is 4.31 Å². The first-order valence-corrected chi connectivity index (χ1v) is 12.2. The molecule has 0 spiro atoms. The van der Waals surface area contributed by atoms with Crippen LogP contribution in [0.3, 0.4) is 0 Å². The van der Waals surface area contributed by atoms with Gasteiger partial charge in [-0.05, 0) is 56.2 Å². The maximum Gasteiger partial charge on any atom is 0.255 e. The monoisotopic (exact) mass is 441 g/mol. The minimum atomic E-state index is -3.47. The van der Waals surface area contributed by atoms with Crippen LogP contribution in [0.25, 0.3) is 10.6 Å². The number of nitrogens with zero attached hydrogens (tertiary/aromatic N) is 2. The summed E-state index contributed by atoms with van der Waals surface area (Å²) in [6.07, 6.45) is 2.87. The third kappa shape index (κ3) is 4.45. The van der Waals surface area contributed by atoms with Gasteiger partial charge < -0.3 is 5.32 Å². The molecule has 1 N–H and O–H groups in total. The summed E-state index contributed by atoms with van der Waals surface area (Å²) < 4.78 is 27.0. The molecule has 4 rings (SSSR count). The van der Waals surface area contributed by atoms with Gasteiger partial charge in [0.25, 0.3) is 5.91 Å². The van der Waals surface area contributed by atoms with Gasteiger partial charge >= 0.3 is 0 Å². The Morgan fingerprint density at radius 3 is 2.27 bits per heavy atom. The standard InChI is InChI=1S/C22H23N3O3S2/c1-16-15-29-22(23-16)18-7-5-17(6-8-18)21(26)24-19-9-11-20(12-10-19)30(27,28)25-13-3-2-4-14-25/h5-12,15H,2-4,13-14H2,1H3,(H,24,26). The van der Waals surface area contributed by atoms with E-state index in [1.165, 1.54) is 4.31 Å². The fourth-order valence-electron chi connectivity index (χ4n) is 3.42. The summed E-state index contributed by atoms with van der Waals surface area (Å²) in [4.78, 5) is 17.2. The minimum Gasteiger partial charge on any atom is -0.322 e. The number of carbonyl (C=O) groups excluding carboxylic acids is 1. The van der Waals surface area contributed by atoms with E-state index in [2.05, 4.69) is 10.3 Å². The number of hydrogen-bond acceptors (Lipinski definition) is 5. The lowest BCUT2D eigenvalue weighted by Gasteiger charge is -2.25. The second kappa shape index (κ2) is 8.67. The molecule has 0 unspecified atom stereocenters. The molecular weight excluding hydrogens is 418 g/mol. The number of sulfonamides is 1. The zero-order valence-electron chi connectivity index (χ0n) is 16.7. The Balaban J connectivity index is 1.43. The summed E-state index contributed by atoms with van der Waals surface area (Å²) in [7, 11) is -3.47.